The van der Waals surface area contributed by atoms with Gasteiger partial charge in [0.1, 0.15) is 30.2 Å². The number of rotatable bonds is 29. The Morgan fingerprint density at radius 3 is 1.27 bits per heavy atom. The minimum Gasteiger partial charge on any atom is -0.368 e. The van der Waals surface area contributed by atoms with Gasteiger partial charge in [-0.25, -0.2) is 9.97 Å². The Morgan fingerprint density at radius 2 is 0.856 bits per heavy atom. The molecule has 3 aromatic heterocycles. The Labute approximate surface area is 570 Å². The first-order chi connectivity index (χ1) is 46.6. The lowest BCUT2D eigenvalue weighted by atomic mass is 9.99. The maximum Gasteiger partial charge on any atom is 0.244 e. The molecule has 506 valence electrons. The lowest BCUT2D eigenvalue weighted by Gasteiger charge is -2.29. The molecule has 5 atom stereocenters. The molecule has 8 bridgehead atoms. The molecule has 0 radical (unpaired) electrons. The summed E-state index contributed by atoms with van der Waals surface area (Å²) in [6.45, 7) is 15.1. The number of aromatic nitrogens is 4. The maximum atomic E-state index is 14.4. The van der Waals surface area contributed by atoms with E-state index in [1.54, 1.807) is 27.7 Å². The number of amides is 7. The number of para-hydroxylation sites is 1. The molecule has 20 nitrogen and oxygen atoms in total. The van der Waals surface area contributed by atoms with Gasteiger partial charge in [0.25, 0.3) is 0 Å². The Kier molecular flexibility index (Phi) is 24.4. The summed E-state index contributed by atoms with van der Waals surface area (Å²) in [5, 5.41) is 16.9. The van der Waals surface area contributed by atoms with Crippen molar-refractivity contribution in [3.8, 4) is 44.5 Å². The van der Waals surface area contributed by atoms with Crippen LogP contribution >= 0.6 is 11.8 Å². The molecular formula is C76H89N13O7S. The van der Waals surface area contributed by atoms with Crippen LogP contribution in [0.2, 0.25) is 0 Å². The van der Waals surface area contributed by atoms with E-state index in [0.29, 0.717) is 67.0 Å². The normalized spacial score (nSPS) is 13.3. The number of benzene rings is 4. The predicted molar refractivity (Wildman–Crippen MR) is 391 cm³/mol. The monoisotopic (exact) mass is 1330 g/mol. The predicted octanol–water partition coefficient (Wildman–Crippen LogP) is 10.4. The molecule has 7 amide bonds. The molecular weight excluding hydrogens is 1240 g/mol. The number of carbonyl (C=O) groups is 7. The van der Waals surface area contributed by atoms with E-state index in [1.807, 2.05) is 48.6 Å². The van der Waals surface area contributed by atoms with Crippen molar-refractivity contribution in [1.82, 2.24) is 46.5 Å². The molecule has 0 unspecified atom stereocenters. The summed E-state index contributed by atoms with van der Waals surface area (Å²) in [5.41, 5.74) is 34.2. The molecule has 0 fully saturated rings. The molecule has 0 spiro atoms. The highest BCUT2D eigenvalue weighted by molar-refractivity contribution is 8.00. The third-order valence-corrected chi connectivity index (χ3v) is 18.2. The van der Waals surface area contributed by atoms with Gasteiger partial charge in [-0.05, 0) is 156 Å². The quantitative estimate of drug-likeness (QED) is 0.0195. The first-order valence-corrected chi connectivity index (χ1v) is 34.3. The smallest absolute Gasteiger partial charge is 0.244 e. The van der Waals surface area contributed by atoms with Crippen molar-refractivity contribution in [1.29, 1.82) is 0 Å². The number of hydrogen-bond donors (Lipinski definition) is 11. The fraction of sp³-hybridized carbons (Fsp3) is 0.329. The van der Waals surface area contributed by atoms with Crippen molar-refractivity contribution in [2.24, 2.45) is 29.0 Å². The molecule has 14 N–H and O–H groups in total. The van der Waals surface area contributed by atoms with Crippen molar-refractivity contribution < 1.29 is 33.6 Å². The topological polar surface area (TPSA) is 327 Å². The number of nitrogens with zero attached hydrogens (tertiary/aromatic N) is 2. The van der Waals surface area contributed by atoms with Gasteiger partial charge < -0.3 is 59.1 Å². The third kappa shape index (κ3) is 18.1. The molecule has 0 aliphatic carbocycles. The molecule has 5 heterocycles. The Bertz CT molecular complexity index is 4230. The number of carbonyl (C=O) groups excluding carboxylic acids is 7. The number of hydrogen-bond acceptors (Lipinski definition) is 12. The van der Waals surface area contributed by atoms with E-state index in [4.69, 9.17) is 27.2 Å². The fourth-order valence-corrected chi connectivity index (χ4v) is 12.8. The number of H-pyrrole nitrogens is 2. The molecule has 2 aliphatic heterocycles. The summed E-state index contributed by atoms with van der Waals surface area (Å²) in [6, 6.07) is 35.4. The summed E-state index contributed by atoms with van der Waals surface area (Å²) >= 11 is 1.11. The second kappa shape index (κ2) is 33.1. The summed E-state index contributed by atoms with van der Waals surface area (Å²) in [4.78, 5) is 114. The highest BCUT2D eigenvalue weighted by atomic mass is 32.2. The standard InChI is InChI=1S/C76H89N13O7S/c1-43(2)70(72(79)92)88-73(93)63(18-12-14-40-78)87-76(96)71(44(3)4)89-74(94)62(17-11-13-39-77)86-75(95)64(80-48(8)90)41-97-42-65(91)85-53-16-10-9-15-52(53)69-60-37-35-58(83-60)67(50-27-21-46(6)22-28-50)56-33-31-54(81-56)66(49-25-19-45(5)20-26-49)55-32-34-57(82-55)68(59-36-38-61(69)84-59)51-29-23-47(7)24-30-51/h9-10,15-16,19-38,43-44,62-64,70-71,81,84H,11-14,17-18,39-42,77-78H2,1-8H3,(H2,79,92)(H,80,90)(H,85,91)(H,86,95)(H,87,96)(H,88,93)(H,89,94)/t62-,63-,64-,70-,71-/m0/s1. The lowest BCUT2D eigenvalue weighted by molar-refractivity contribution is -0.135. The van der Waals surface area contributed by atoms with Gasteiger partial charge >= 0.3 is 0 Å². The van der Waals surface area contributed by atoms with Gasteiger partial charge in [-0.1, -0.05) is 135 Å². The van der Waals surface area contributed by atoms with Gasteiger partial charge in [-0.2, -0.15) is 0 Å². The van der Waals surface area contributed by atoms with E-state index in [0.717, 1.165) is 95.3 Å². The van der Waals surface area contributed by atoms with Crippen LogP contribution < -0.4 is 49.1 Å². The van der Waals surface area contributed by atoms with E-state index in [2.05, 4.69) is 160 Å². The second-order valence-electron chi connectivity index (χ2n) is 25.5. The Hall–Kier alpha value is -9.96. The highest BCUT2D eigenvalue weighted by Crippen LogP contribution is 2.40. The van der Waals surface area contributed by atoms with Crippen LogP contribution in [0.4, 0.5) is 5.69 Å². The van der Waals surface area contributed by atoms with E-state index in [1.165, 1.54) is 6.92 Å². The molecule has 2 aliphatic rings. The average Bonchev–Trinajstić information content (AvgIpc) is 1.62. The van der Waals surface area contributed by atoms with E-state index in [-0.39, 0.29) is 30.3 Å². The first-order valence-electron chi connectivity index (χ1n) is 33.1. The van der Waals surface area contributed by atoms with Crippen LogP contribution in [0.3, 0.4) is 0 Å². The van der Waals surface area contributed by atoms with Gasteiger partial charge in [0.2, 0.25) is 41.4 Å². The molecule has 4 aromatic carbocycles. The van der Waals surface area contributed by atoms with Crippen molar-refractivity contribution >= 4 is 105 Å². The molecule has 7 aromatic rings. The Balaban J connectivity index is 1.02. The number of unbranched alkanes of at least 4 members (excludes halogenated alkanes) is 2. The van der Waals surface area contributed by atoms with Gasteiger partial charge in [0.15, 0.2) is 0 Å². The van der Waals surface area contributed by atoms with Crippen molar-refractivity contribution in [2.45, 2.75) is 124 Å². The van der Waals surface area contributed by atoms with Gasteiger partial charge in [-0.15, -0.1) is 11.8 Å². The molecule has 21 heteroatoms. The van der Waals surface area contributed by atoms with Crippen LogP contribution in [-0.2, 0) is 33.6 Å². The number of thioether (sulfide) groups is 1. The zero-order valence-electron chi connectivity index (χ0n) is 56.4. The fourth-order valence-electron chi connectivity index (χ4n) is 11.9. The van der Waals surface area contributed by atoms with Crippen molar-refractivity contribution in [3.63, 3.8) is 0 Å². The van der Waals surface area contributed by atoms with Crippen LogP contribution in [0.5, 0.6) is 0 Å². The highest BCUT2D eigenvalue weighted by Gasteiger charge is 2.34. The number of anilines is 1. The van der Waals surface area contributed by atoms with E-state index < -0.39 is 77.5 Å². The van der Waals surface area contributed by atoms with Gasteiger partial charge in [0, 0.05) is 68.2 Å². The SMILES string of the molecule is CC(=O)N[C@@H](CSCC(=O)Nc1ccccc1-c1c2nc(c(-c3ccc(C)cc3)c3ccc([nH]3)c(-c3ccc(C)cc3)c3nc(c(-c4ccc(C)cc4)c4ccc1[nH]4)C=C3)C=C2)C(=O)N[C@@H](CCCCN)C(=O)N[C@H](C(=O)N[C@@H](CCCCN)C(=O)N[C@H](C(N)=O)C(C)C)C(C)C. The average molecular weight is 1330 g/mol. The number of aromatic amines is 2. The number of nitrogens with two attached hydrogens (primary N) is 3. The number of fused-ring (bicyclic) bond motifs is 8. The van der Waals surface area contributed by atoms with Crippen molar-refractivity contribution in [3.05, 3.63) is 161 Å². The zero-order valence-corrected chi connectivity index (χ0v) is 57.2. The molecule has 9 rings (SSSR count). The minimum absolute atomic E-state index is 0.0640. The largest absolute Gasteiger partial charge is 0.368 e. The van der Waals surface area contributed by atoms with E-state index in [9.17, 15) is 33.6 Å². The van der Waals surface area contributed by atoms with Crippen LogP contribution in [-0.4, -0.2) is 116 Å². The molecule has 97 heavy (non-hydrogen) atoms. The third-order valence-electron chi connectivity index (χ3n) is 17.1. The van der Waals surface area contributed by atoms with Gasteiger partial charge in [0.05, 0.1) is 28.5 Å². The van der Waals surface area contributed by atoms with Crippen LogP contribution in [0.1, 0.15) is 113 Å². The number of aryl methyl sites for hydroxylation is 3. The minimum atomic E-state index is -1.20. The number of nitrogens with one attached hydrogen (secondary N) is 8. The summed E-state index contributed by atoms with van der Waals surface area (Å²) in [6.07, 6.45) is 10.5. The van der Waals surface area contributed by atoms with Gasteiger partial charge in [-0.3, -0.25) is 33.6 Å². The molecule has 0 saturated heterocycles. The van der Waals surface area contributed by atoms with Crippen molar-refractivity contribution in [2.75, 3.05) is 29.9 Å². The number of primary amides is 1. The Morgan fingerprint density at radius 1 is 0.464 bits per heavy atom. The zero-order chi connectivity index (χ0) is 69.4. The maximum absolute atomic E-state index is 14.4. The van der Waals surface area contributed by atoms with Crippen LogP contribution in [0.15, 0.2) is 121 Å². The van der Waals surface area contributed by atoms with Crippen LogP contribution in [0.25, 0.3) is 90.9 Å². The first kappa shape index (κ1) is 71.3. The van der Waals surface area contributed by atoms with E-state index >= 15 is 0 Å². The summed E-state index contributed by atoms with van der Waals surface area (Å²) in [7, 11) is 0. The molecule has 0 saturated carbocycles. The van der Waals surface area contributed by atoms with Crippen LogP contribution in [0, 0.1) is 32.6 Å². The second-order valence-corrected chi connectivity index (χ2v) is 26.5. The summed E-state index contributed by atoms with van der Waals surface area (Å²) < 4.78 is 0. The summed E-state index contributed by atoms with van der Waals surface area (Å²) in [5.74, 6) is -5.31. The lowest BCUT2D eigenvalue weighted by Crippen LogP contribution is -2.60.